The summed E-state index contributed by atoms with van der Waals surface area (Å²) in [5.41, 5.74) is 11.3. The van der Waals surface area contributed by atoms with Gasteiger partial charge in [0.25, 0.3) is 0 Å². The van der Waals surface area contributed by atoms with Gasteiger partial charge in [0.05, 0.1) is 27.2 Å². The number of rotatable bonds is 2. The molecule has 6 nitrogen and oxygen atoms in total. The van der Waals surface area contributed by atoms with E-state index in [2.05, 4.69) is 16.0 Å². The van der Waals surface area contributed by atoms with Crippen LogP contribution in [0.1, 0.15) is 17.2 Å². The summed E-state index contributed by atoms with van der Waals surface area (Å²) in [5, 5.41) is 16.3. The SMILES string of the molecule is Nc1cccc2c1CC(n1nc3ncncc3c1-c1cc(O)c(Cl)cc1Cl)C2. The zero-order valence-electron chi connectivity index (χ0n) is 14.6. The fourth-order valence-corrected chi connectivity index (χ4v) is 4.40. The van der Waals surface area contributed by atoms with Crippen molar-refractivity contribution in [1.29, 1.82) is 0 Å². The molecule has 5 rings (SSSR count). The largest absolute Gasteiger partial charge is 0.506 e. The molecule has 1 aliphatic rings. The highest BCUT2D eigenvalue weighted by Crippen LogP contribution is 2.42. The first kappa shape index (κ1) is 17.3. The molecule has 2 aromatic carbocycles. The van der Waals surface area contributed by atoms with Gasteiger partial charge in [-0.15, -0.1) is 0 Å². The highest BCUT2D eigenvalue weighted by Gasteiger charge is 2.29. The number of benzene rings is 2. The van der Waals surface area contributed by atoms with Gasteiger partial charge in [0.2, 0.25) is 0 Å². The minimum atomic E-state index is -0.0437. The molecule has 140 valence electrons. The predicted molar refractivity (Wildman–Crippen MR) is 110 cm³/mol. The highest BCUT2D eigenvalue weighted by atomic mass is 35.5. The Bertz CT molecular complexity index is 1240. The first-order valence-electron chi connectivity index (χ1n) is 8.75. The number of anilines is 1. The van der Waals surface area contributed by atoms with Crippen molar-refractivity contribution in [2.24, 2.45) is 0 Å². The maximum absolute atomic E-state index is 10.2. The molecule has 4 aromatic rings. The van der Waals surface area contributed by atoms with Crippen LogP contribution in [0.15, 0.2) is 42.9 Å². The zero-order valence-corrected chi connectivity index (χ0v) is 16.1. The number of aromatic nitrogens is 4. The molecule has 0 saturated carbocycles. The summed E-state index contributed by atoms with van der Waals surface area (Å²) in [6, 6.07) is 9.12. The van der Waals surface area contributed by atoms with Crippen LogP contribution in [0.2, 0.25) is 10.0 Å². The summed E-state index contributed by atoms with van der Waals surface area (Å²) in [7, 11) is 0. The third-order valence-electron chi connectivity index (χ3n) is 5.22. The van der Waals surface area contributed by atoms with E-state index in [1.165, 1.54) is 18.0 Å². The van der Waals surface area contributed by atoms with Crippen LogP contribution in [-0.2, 0) is 12.8 Å². The van der Waals surface area contributed by atoms with Crippen LogP contribution >= 0.6 is 23.2 Å². The Labute approximate surface area is 170 Å². The van der Waals surface area contributed by atoms with Gasteiger partial charge in [-0.1, -0.05) is 35.3 Å². The van der Waals surface area contributed by atoms with Gasteiger partial charge < -0.3 is 10.8 Å². The molecule has 0 spiro atoms. The minimum absolute atomic E-state index is 0.0437. The summed E-state index contributed by atoms with van der Waals surface area (Å²) >= 11 is 12.5. The van der Waals surface area contributed by atoms with E-state index in [1.807, 2.05) is 16.8 Å². The molecule has 0 amide bonds. The van der Waals surface area contributed by atoms with Gasteiger partial charge in [0.1, 0.15) is 12.1 Å². The number of nitrogens with zero attached hydrogens (tertiary/aromatic N) is 4. The summed E-state index contributed by atoms with van der Waals surface area (Å²) in [5.74, 6) is -0.0437. The molecule has 0 fully saturated rings. The Morgan fingerprint density at radius 1 is 1.14 bits per heavy atom. The van der Waals surface area contributed by atoms with Crippen LogP contribution in [-0.4, -0.2) is 24.9 Å². The summed E-state index contributed by atoms with van der Waals surface area (Å²) in [4.78, 5) is 8.44. The van der Waals surface area contributed by atoms with E-state index < -0.39 is 0 Å². The smallest absolute Gasteiger partial charge is 0.184 e. The second-order valence-electron chi connectivity index (χ2n) is 6.88. The van der Waals surface area contributed by atoms with Crippen molar-refractivity contribution in [3.8, 4) is 17.0 Å². The van der Waals surface area contributed by atoms with Crippen molar-refractivity contribution >= 4 is 39.9 Å². The molecular weight excluding hydrogens is 397 g/mol. The van der Waals surface area contributed by atoms with Crippen molar-refractivity contribution in [2.75, 3.05) is 5.73 Å². The third-order valence-corrected chi connectivity index (χ3v) is 5.84. The van der Waals surface area contributed by atoms with Crippen molar-refractivity contribution in [1.82, 2.24) is 19.7 Å². The molecule has 2 aromatic heterocycles. The number of nitrogen functional groups attached to an aromatic ring is 1. The number of nitrogens with two attached hydrogens (primary N) is 1. The van der Waals surface area contributed by atoms with Crippen LogP contribution in [0.3, 0.4) is 0 Å². The molecule has 1 unspecified atom stereocenters. The fourth-order valence-electron chi connectivity index (χ4n) is 3.93. The molecule has 3 N–H and O–H groups in total. The van der Waals surface area contributed by atoms with E-state index in [-0.39, 0.29) is 16.8 Å². The first-order chi connectivity index (χ1) is 13.5. The number of hydrogen-bond donors (Lipinski definition) is 2. The van der Waals surface area contributed by atoms with Crippen LogP contribution in [0, 0.1) is 0 Å². The average molecular weight is 412 g/mol. The normalized spacial score (nSPS) is 15.9. The summed E-state index contributed by atoms with van der Waals surface area (Å²) in [6.07, 6.45) is 4.73. The second-order valence-corrected chi connectivity index (χ2v) is 7.70. The lowest BCUT2D eigenvalue weighted by Crippen LogP contribution is -2.12. The van der Waals surface area contributed by atoms with Crippen LogP contribution in [0.4, 0.5) is 5.69 Å². The van der Waals surface area contributed by atoms with Gasteiger partial charge in [-0.05, 0) is 42.2 Å². The number of hydrogen-bond acceptors (Lipinski definition) is 5. The molecule has 1 atom stereocenters. The molecular formula is C20H15Cl2N5O. The Hall–Kier alpha value is -2.83. The van der Waals surface area contributed by atoms with Gasteiger partial charge in [-0.2, -0.15) is 5.10 Å². The first-order valence-corrected chi connectivity index (χ1v) is 9.51. The molecule has 0 bridgehead atoms. The van der Waals surface area contributed by atoms with Crippen molar-refractivity contribution in [3.63, 3.8) is 0 Å². The van der Waals surface area contributed by atoms with E-state index >= 15 is 0 Å². The van der Waals surface area contributed by atoms with Gasteiger partial charge in [-0.25, -0.2) is 9.97 Å². The lowest BCUT2D eigenvalue weighted by Gasteiger charge is -2.16. The third kappa shape index (κ3) is 2.60. The maximum Gasteiger partial charge on any atom is 0.184 e. The van der Waals surface area contributed by atoms with E-state index in [9.17, 15) is 5.11 Å². The van der Waals surface area contributed by atoms with Gasteiger partial charge in [0.15, 0.2) is 5.65 Å². The number of aromatic hydroxyl groups is 1. The fraction of sp³-hybridized carbons (Fsp3) is 0.150. The van der Waals surface area contributed by atoms with Crippen LogP contribution in [0.5, 0.6) is 5.75 Å². The lowest BCUT2D eigenvalue weighted by molar-refractivity contribution is 0.474. The van der Waals surface area contributed by atoms with Crippen molar-refractivity contribution in [2.45, 2.75) is 18.9 Å². The minimum Gasteiger partial charge on any atom is -0.506 e. The van der Waals surface area contributed by atoms with Gasteiger partial charge >= 0.3 is 0 Å². The average Bonchev–Trinajstić information content (AvgIpc) is 3.27. The molecule has 8 heteroatoms. The van der Waals surface area contributed by atoms with Crippen molar-refractivity contribution < 1.29 is 5.11 Å². The lowest BCUT2D eigenvalue weighted by atomic mass is 10.1. The zero-order chi connectivity index (χ0) is 19.4. The number of phenolic OH excluding ortho intramolecular Hbond substituents is 1. The molecule has 0 aliphatic heterocycles. The highest BCUT2D eigenvalue weighted by molar-refractivity contribution is 6.37. The Morgan fingerprint density at radius 2 is 2.00 bits per heavy atom. The predicted octanol–water partition coefficient (Wildman–Crippen LogP) is 4.43. The standard InChI is InChI=1S/C20H15Cl2N5O/c21-15-7-16(22)18(28)6-13(15)19-14-8-24-9-25-20(14)26-27(19)11-4-10-2-1-3-17(23)12(10)5-11/h1-3,6-9,11,28H,4-5,23H2. The topological polar surface area (TPSA) is 89.9 Å². The van der Waals surface area contributed by atoms with Gasteiger partial charge in [0, 0.05) is 17.4 Å². The number of fused-ring (bicyclic) bond motifs is 2. The maximum atomic E-state index is 10.2. The van der Waals surface area contributed by atoms with Gasteiger partial charge in [-0.3, -0.25) is 4.68 Å². The van der Waals surface area contributed by atoms with E-state index in [4.69, 9.17) is 34.0 Å². The van der Waals surface area contributed by atoms with E-state index in [1.54, 1.807) is 12.3 Å². The van der Waals surface area contributed by atoms with Crippen LogP contribution < -0.4 is 5.73 Å². The summed E-state index contributed by atoms with van der Waals surface area (Å²) < 4.78 is 1.92. The van der Waals surface area contributed by atoms with E-state index in [0.717, 1.165) is 35.2 Å². The quantitative estimate of drug-likeness (QED) is 0.476. The molecule has 28 heavy (non-hydrogen) atoms. The van der Waals surface area contributed by atoms with E-state index in [0.29, 0.717) is 16.2 Å². The van der Waals surface area contributed by atoms with Crippen LogP contribution in [0.25, 0.3) is 22.3 Å². The second kappa shape index (κ2) is 6.36. The monoisotopic (exact) mass is 411 g/mol. The summed E-state index contributed by atoms with van der Waals surface area (Å²) in [6.45, 7) is 0. The molecule has 0 radical (unpaired) electrons. The van der Waals surface area contributed by atoms with Crippen molar-refractivity contribution in [3.05, 3.63) is 64.0 Å². The number of phenols is 1. The molecule has 2 heterocycles. The Morgan fingerprint density at radius 3 is 2.82 bits per heavy atom. The number of halogens is 2. The molecule has 0 saturated heterocycles. The Balaban J connectivity index is 1.72. The molecule has 1 aliphatic carbocycles. The Kier molecular flexibility index (Phi) is 3.92.